The number of carbonyl (C=O) groups is 1. The molecule has 0 aliphatic rings. The Balaban J connectivity index is -0.000000194. The molecule has 0 heterocycles. The van der Waals surface area contributed by atoms with Crippen molar-refractivity contribution in [2.24, 2.45) is 0 Å². The molecule has 35 heavy (non-hydrogen) atoms. The quantitative estimate of drug-likeness (QED) is 0.183. The summed E-state index contributed by atoms with van der Waals surface area (Å²) in [5.41, 5.74) is -5.31. The van der Waals surface area contributed by atoms with Gasteiger partial charge in [-0.2, -0.15) is 21.6 Å². The molecule has 0 aromatic heterocycles. The molecular weight excluding hydrogens is 521 g/mol. The minimum atomic E-state index is -5.39. The Hall–Kier alpha value is -1.64. The Bertz CT molecular complexity index is 798. The Morgan fingerprint density at radius 1 is 0.800 bits per heavy atom. The first-order chi connectivity index (χ1) is 15.4. The van der Waals surface area contributed by atoms with Crippen LogP contribution in [0.1, 0.15) is 27.7 Å². The van der Waals surface area contributed by atoms with Crippen LogP contribution >= 0.6 is 0 Å². The minimum Gasteiger partial charge on any atom is -0.407 e. The van der Waals surface area contributed by atoms with Gasteiger partial charge < -0.3 is 22.6 Å². The van der Waals surface area contributed by atoms with Crippen molar-refractivity contribution in [3.63, 3.8) is 0 Å². The van der Waals surface area contributed by atoms with Crippen molar-refractivity contribution in [3.05, 3.63) is 0 Å². The van der Waals surface area contributed by atoms with Crippen molar-refractivity contribution in [2.75, 3.05) is 19.8 Å². The van der Waals surface area contributed by atoms with Crippen LogP contribution in [0, 0.1) is 37.0 Å². The van der Waals surface area contributed by atoms with E-state index in [1.807, 2.05) is 0 Å². The lowest BCUT2D eigenvalue weighted by molar-refractivity contribution is -0.197. The number of alkyl halides is 3. The second kappa shape index (κ2) is 18.6. The van der Waals surface area contributed by atoms with Gasteiger partial charge in [0.05, 0.1) is 6.61 Å². The molecule has 0 atom stereocenters. The third-order valence-corrected chi connectivity index (χ3v) is 6.69. The summed E-state index contributed by atoms with van der Waals surface area (Å²) in [5.74, 6) is 6.61. The Kier molecular flexibility index (Phi) is 21.5. The predicted octanol–water partition coefficient (Wildman–Crippen LogP) is 4.78. The van der Waals surface area contributed by atoms with Crippen LogP contribution in [0.5, 0.6) is 0 Å². The summed E-state index contributed by atoms with van der Waals surface area (Å²) in [5, 5.41) is 0. The average molecular weight is 561 g/mol. The van der Waals surface area contributed by atoms with Gasteiger partial charge in [0.15, 0.2) is 14.1 Å². The van der Waals surface area contributed by atoms with E-state index in [1.165, 1.54) is 33.5 Å². The first-order valence-corrected chi connectivity index (χ1v) is 18.3. The molecule has 0 unspecified atom stereocenters. The Labute approximate surface area is 211 Å². The van der Waals surface area contributed by atoms with Gasteiger partial charge in [0.2, 0.25) is 8.32 Å². The second-order valence-corrected chi connectivity index (χ2v) is 19.8. The molecule has 0 saturated carbocycles. The molecule has 0 fully saturated rings. The van der Waals surface area contributed by atoms with Crippen LogP contribution in [0.4, 0.5) is 13.2 Å². The molecule has 0 amide bonds. The summed E-state index contributed by atoms with van der Waals surface area (Å²) >= 11 is 0. The molecule has 0 aromatic rings. The molecule has 0 radical (unpaired) electrons. The van der Waals surface area contributed by atoms with Gasteiger partial charge in [0.25, 0.3) is 0 Å². The van der Waals surface area contributed by atoms with Crippen LogP contribution < -0.4 is 0 Å². The van der Waals surface area contributed by atoms with Gasteiger partial charge >= 0.3 is 15.6 Å². The van der Waals surface area contributed by atoms with Gasteiger partial charge in [-0.3, -0.25) is 0 Å². The fourth-order valence-electron chi connectivity index (χ4n) is 1.11. The number of hydrogen-bond donors (Lipinski definition) is 0. The molecule has 0 rings (SSSR count). The van der Waals surface area contributed by atoms with Crippen molar-refractivity contribution in [3.8, 4) is 37.0 Å². The Morgan fingerprint density at radius 2 is 1.11 bits per heavy atom. The van der Waals surface area contributed by atoms with Gasteiger partial charge in [-0.25, -0.2) is 0 Å². The van der Waals surface area contributed by atoms with E-state index in [2.05, 4.69) is 41.3 Å². The molecule has 13 heteroatoms. The minimum absolute atomic E-state index is 0.167. The van der Waals surface area contributed by atoms with E-state index < -0.39 is 38.0 Å². The SMILES string of the molecule is C#CCOC(C)(C)OCC#C.C#CCO[Si](C)(C)C.CC(C)=O.C[Si](C)(C)OS(=O)(=O)C(F)(F)F. The fraction of sp³-hybridized carbons (Fsp3) is 0.682. The third-order valence-electron chi connectivity index (χ3n) is 2.24. The van der Waals surface area contributed by atoms with Gasteiger partial charge in [-0.05, 0) is 67.0 Å². The standard InChI is InChI=1S/C9H12O2.C6H12OSi.C4H9F3O3SSi.C3H6O/c1-5-7-10-9(3,4)11-8-6-2;1-5-6-7-8(2,3)4;1-12(2,3)10-11(8,9)4(5,6)7;1-3(2)4/h1-2H,7-8H2,3-4H3;1H,6H2,2-4H3;1-3H3;1-2H3. The molecule has 204 valence electrons. The largest absolute Gasteiger partial charge is 0.522 e. The zero-order valence-corrected chi connectivity index (χ0v) is 25.1. The smallest absolute Gasteiger partial charge is 0.407 e. The van der Waals surface area contributed by atoms with Crippen LogP contribution in [0.3, 0.4) is 0 Å². The summed E-state index contributed by atoms with van der Waals surface area (Å²) in [7, 11) is -9.42. The molecule has 0 aliphatic heterocycles. The van der Waals surface area contributed by atoms with Crippen molar-refractivity contribution in [2.45, 2.75) is 78.3 Å². The number of terminal acetylenes is 3. The first kappa shape index (κ1) is 40.5. The van der Waals surface area contributed by atoms with Gasteiger partial charge in [-0.15, -0.1) is 19.3 Å². The van der Waals surface area contributed by atoms with Gasteiger partial charge in [0.1, 0.15) is 19.0 Å². The van der Waals surface area contributed by atoms with E-state index in [0.717, 1.165) is 0 Å². The lowest BCUT2D eigenvalue weighted by Crippen LogP contribution is -2.36. The van der Waals surface area contributed by atoms with Crippen LogP contribution in [0.25, 0.3) is 0 Å². The molecular formula is C22H39F3O7SSi2. The summed E-state index contributed by atoms with van der Waals surface area (Å²) in [4.78, 5) is 9.44. The van der Waals surface area contributed by atoms with Gasteiger partial charge in [-0.1, -0.05) is 17.8 Å². The van der Waals surface area contributed by atoms with Crippen LogP contribution in [0.2, 0.25) is 39.3 Å². The van der Waals surface area contributed by atoms with E-state index in [9.17, 15) is 26.4 Å². The van der Waals surface area contributed by atoms with Crippen molar-refractivity contribution in [1.29, 1.82) is 0 Å². The summed E-state index contributed by atoms with van der Waals surface area (Å²) < 4.78 is 75.2. The summed E-state index contributed by atoms with van der Waals surface area (Å²) in [6.07, 6.45) is 15.0. The lowest BCUT2D eigenvalue weighted by atomic mass is 10.4. The molecule has 7 nitrogen and oxygen atoms in total. The monoisotopic (exact) mass is 560 g/mol. The van der Waals surface area contributed by atoms with Crippen LogP contribution in [-0.4, -0.2) is 62.0 Å². The highest BCUT2D eigenvalue weighted by Gasteiger charge is 2.49. The van der Waals surface area contributed by atoms with E-state index >= 15 is 0 Å². The number of carbonyl (C=O) groups excluding carboxylic acids is 1. The summed E-state index contributed by atoms with van der Waals surface area (Å²) in [6, 6.07) is 0. The van der Waals surface area contributed by atoms with Crippen LogP contribution in [-0.2, 0) is 32.7 Å². The van der Waals surface area contributed by atoms with Crippen molar-refractivity contribution >= 4 is 32.5 Å². The highest BCUT2D eigenvalue weighted by Crippen LogP contribution is 2.27. The second-order valence-electron chi connectivity index (χ2n) is 8.99. The molecule has 0 bridgehead atoms. The van der Waals surface area contributed by atoms with E-state index in [-0.39, 0.29) is 19.0 Å². The maximum atomic E-state index is 11.7. The van der Waals surface area contributed by atoms with Crippen LogP contribution in [0.15, 0.2) is 0 Å². The number of Topliss-reactive ketones (excluding diaryl/α,β-unsaturated/α-hetero) is 1. The topological polar surface area (TPSA) is 88.1 Å². The highest BCUT2D eigenvalue weighted by molar-refractivity contribution is 7.88. The van der Waals surface area contributed by atoms with E-state index in [0.29, 0.717) is 6.61 Å². The molecule has 0 saturated heterocycles. The fourth-order valence-corrected chi connectivity index (χ4v) is 4.63. The number of ether oxygens (including phenoxy) is 2. The lowest BCUT2D eigenvalue weighted by Gasteiger charge is -2.23. The number of halogens is 3. The molecule has 0 aliphatic carbocycles. The maximum Gasteiger partial charge on any atom is 0.522 e. The van der Waals surface area contributed by atoms with Crippen molar-refractivity contribution < 1.29 is 44.2 Å². The van der Waals surface area contributed by atoms with E-state index in [1.54, 1.807) is 13.8 Å². The number of rotatable bonds is 8. The number of hydrogen-bond acceptors (Lipinski definition) is 7. The normalized spacial score (nSPS) is 11.5. The Morgan fingerprint density at radius 3 is 1.26 bits per heavy atom. The summed E-state index contributed by atoms with van der Waals surface area (Å²) in [6.45, 7) is 17.9. The van der Waals surface area contributed by atoms with Crippen molar-refractivity contribution in [1.82, 2.24) is 0 Å². The third kappa shape index (κ3) is 37.1. The zero-order chi connectivity index (χ0) is 29.1. The molecule has 0 spiro atoms. The zero-order valence-electron chi connectivity index (χ0n) is 22.3. The predicted molar refractivity (Wildman–Crippen MR) is 138 cm³/mol. The average Bonchev–Trinajstić information content (AvgIpc) is 2.60. The highest BCUT2D eigenvalue weighted by atomic mass is 32.2. The number of ketones is 1. The molecule has 0 aromatic carbocycles. The maximum absolute atomic E-state index is 11.7. The first-order valence-electron chi connectivity index (χ1n) is 10.1. The van der Waals surface area contributed by atoms with E-state index in [4.69, 9.17) is 33.2 Å². The molecule has 0 N–H and O–H groups in total. The van der Waals surface area contributed by atoms with Gasteiger partial charge in [0, 0.05) is 0 Å².